The third-order valence-corrected chi connectivity index (χ3v) is 3.25. The highest BCUT2D eigenvalue weighted by Crippen LogP contribution is 2.26. The van der Waals surface area contributed by atoms with Crippen LogP contribution in [0.2, 0.25) is 0 Å². The van der Waals surface area contributed by atoms with Gasteiger partial charge in [0.1, 0.15) is 5.82 Å². The van der Waals surface area contributed by atoms with Crippen LogP contribution in [0, 0.1) is 5.82 Å². The van der Waals surface area contributed by atoms with E-state index in [2.05, 4.69) is 15.9 Å². The number of nitrogens with two attached hydrogens (primary N) is 1. The van der Waals surface area contributed by atoms with Crippen LogP contribution in [0.1, 0.15) is 17.2 Å². The normalized spacial score (nSPS) is 12.7. The van der Waals surface area contributed by atoms with Crippen molar-refractivity contribution < 1.29 is 8.81 Å². The molecular weight excluding hydrogens is 273 g/mol. The number of rotatable bonds is 3. The molecule has 84 valence electrons. The fourth-order valence-corrected chi connectivity index (χ4v) is 2.14. The first-order chi connectivity index (χ1) is 7.68. The smallest absolute Gasteiger partial charge is 0.137 e. The summed E-state index contributed by atoms with van der Waals surface area (Å²) in [4.78, 5) is 0. The second kappa shape index (κ2) is 4.80. The minimum atomic E-state index is -0.292. The molecule has 1 atom stereocenters. The Kier molecular flexibility index (Phi) is 3.41. The second-order valence-corrected chi connectivity index (χ2v) is 4.38. The molecule has 1 heterocycles. The van der Waals surface area contributed by atoms with Gasteiger partial charge in [0.25, 0.3) is 0 Å². The van der Waals surface area contributed by atoms with Crippen molar-refractivity contribution in [1.82, 2.24) is 0 Å². The van der Waals surface area contributed by atoms with E-state index in [4.69, 9.17) is 10.2 Å². The summed E-state index contributed by atoms with van der Waals surface area (Å²) in [6.07, 6.45) is 3.87. The largest absolute Gasteiger partial charge is 0.472 e. The Morgan fingerprint density at radius 2 is 2.19 bits per heavy atom. The highest BCUT2D eigenvalue weighted by Gasteiger charge is 2.13. The van der Waals surface area contributed by atoms with E-state index < -0.39 is 0 Å². The van der Waals surface area contributed by atoms with Gasteiger partial charge in [0, 0.05) is 6.04 Å². The van der Waals surface area contributed by atoms with E-state index in [-0.39, 0.29) is 11.9 Å². The quantitative estimate of drug-likeness (QED) is 0.938. The highest BCUT2D eigenvalue weighted by molar-refractivity contribution is 9.10. The van der Waals surface area contributed by atoms with Gasteiger partial charge >= 0.3 is 0 Å². The summed E-state index contributed by atoms with van der Waals surface area (Å²) in [6.45, 7) is 0. The van der Waals surface area contributed by atoms with Crippen LogP contribution in [0.15, 0.2) is 45.7 Å². The summed E-state index contributed by atoms with van der Waals surface area (Å²) in [6, 6.07) is 6.48. The van der Waals surface area contributed by atoms with E-state index in [9.17, 15) is 4.39 Å². The molecule has 1 aromatic heterocycles. The van der Waals surface area contributed by atoms with Gasteiger partial charge in [0.05, 0.1) is 17.0 Å². The summed E-state index contributed by atoms with van der Waals surface area (Å²) < 4.78 is 18.7. The van der Waals surface area contributed by atoms with Crippen LogP contribution in [0.4, 0.5) is 4.39 Å². The fraction of sp³-hybridized carbons (Fsp3) is 0.167. The van der Waals surface area contributed by atoms with Gasteiger partial charge in [-0.05, 0) is 45.6 Å². The number of furan rings is 1. The SMILES string of the molecule is NC(Cc1ccoc1)c1cccc(F)c1Br. The van der Waals surface area contributed by atoms with Gasteiger partial charge in [0.2, 0.25) is 0 Å². The average Bonchev–Trinajstić information content (AvgIpc) is 2.74. The van der Waals surface area contributed by atoms with Crippen molar-refractivity contribution in [3.8, 4) is 0 Å². The highest BCUT2D eigenvalue weighted by atomic mass is 79.9. The summed E-state index contributed by atoms with van der Waals surface area (Å²) in [5, 5.41) is 0. The van der Waals surface area contributed by atoms with Gasteiger partial charge in [-0.1, -0.05) is 12.1 Å². The van der Waals surface area contributed by atoms with Crippen LogP contribution in [0.25, 0.3) is 0 Å². The number of hydrogen-bond donors (Lipinski definition) is 1. The van der Waals surface area contributed by atoms with Crippen LogP contribution in [-0.4, -0.2) is 0 Å². The Labute approximate surface area is 101 Å². The molecule has 0 spiro atoms. The van der Waals surface area contributed by atoms with Crippen molar-refractivity contribution in [3.63, 3.8) is 0 Å². The second-order valence-electron chi connectivity index (χ2n) is 3.59. The lowest BCUT2D eigenvalue weighted by Crippen LogP contribution is -2.14. The third-order valence-electron chi connectivity index (χ3n) is 2.42. The molecule has 0 radical (unpaired) electrons. The first kappa shape index (κ1) is 11.4. The van der Waals surface area contributed by atoms with E-state index in [0.29, 0.717) is 10.9 Å². The Hall–Kier alpha value is -1.13. The maximum atomic E-state index is 13.3. The average molecular weight is 284 g/mol. The number of halogens is 2. The van der Waals surface area contributed by atoms with Crippen molar-refractivity contribution in [1.29, 1.82) is 0 Å². The lowest BCUT2D eigenvalue weighted by molar-refractivity contribution is 0.560. The van der Waals surface area contributed by atoms with Crippen molar-refractivity contribution in [2.24, 2.45) is 5.73 Å². The maximum Gasteiger partial charge on any atom is 0.137 e. The minimum absolute atomic E-state index is 0.248. The summed E-state index contributed by atoms with van der Waals surface area (Å²) in [5.41, 5.74) is 7.79. The molecule has 1 aromatic carbocycles. The molecule has 0 aliphatic rings. The predicted molar refractivity (Wildman–Crippen MR) is 63.4 cm³/mol. The molecule has 0 saturated heterocycles. The molecule has 0 bridgehead atoms. The van der Waals surface area contributed by atoms with Gasteiger partial charge in [-0.3, -0.25) is 0 Å². The fourth-order valence-electron chi connectivity index (χ4n) is 1.58. The van der Waals surface area contributed by atoms with Crippen LogP contribution in [0.3, 0.4) is 0 Å². The summed E-state index contributed by atoms with van der Waals surface area (Å²) in [7, 11) is 0. The van der Waals surface area contributed by atoms with E-state index in [0.717, 1.165) is 11.1 Å². The van der Waals surface area contributed by atoms with E-state index in [1.807, 2.05) is 12.1 Å². The lowest BCUT2D eigenvalue weighted by Gasteiger charge is -2.13. The van der Waals surface area contributed by atoms with Crippen molar-refractivity contribution in [2.45, 2.75) is 12.5 Å². The Bertz CT molecular complexity index is 470. The van der Waals surface area contributed by atoms with Gasteiger partial charge in [-0.15, -0.1) is 0 Å². The molecule has 2 aromatic rings. The van der Waals surface area contributed by atoms with Gasteiger partial charge < -0.3 is 10.2 Å². The Morgan fingerprint density at radius 1 is 1.38 bits per heavy atom. The zero-order valence-corrected chi connectivity index (χ0v) is 10.1. The van der Waals surface area contributed by atoms with Gasteiger partial charge in [-0.2, -0.15) is 0 Å². The predicted octanol–water partition coefficient (Wildman–Crippen LogP) is 3.42. The van der Waals surface area contributed by atoms with E-state index in [1.54, 1.807) is 18.6 Å². The third kappa shape index (κ3) is 2.33. The van der Waals surface area contributed by atoms with Crippen LogP contribution < -0.4 is 5.73 Å². The standard InChI is InChI=1S/C12H11BrFNO/c13-12-9(2-1-3-10(12)14)11(15)6-8-4-5-16-7-8/h1-5,7,11H,6,15H2. The maximum absolute atomic E-state index is 13.3. The van der Waals surface area contributed by atoms with Crippen LogP contribution in [0.5, 0.6) is 0 Å². The number of benzene rings is 1. The van der Waals surface area contributed by atoms with E-state index in [1.165, 1.54) is 6.07 Å². The van der Waals surface area contributed by atoms with Crippen molar-refractivity contribution >= 4 is 15.9 Å². The zero-order valence-electron chi connectivity index (χ0n) is 8.49. The molecule has 0 aliphatic heterocycles. The molecule has 4 heteroatoms. The lowest BCUT2D eigenvalue weighted by atomic mass is 10.0. The summed E-state index contributed by atoms with van der Waals surface area (Å²) in [5.74, 6) is -0.292. The zero-order chi connectivity index (χ0) is 11.5. The molecule has 0 fully saturated rings. The molecule has 2 nitrogen and oxygen atoms in total. The molecule has 0 amide bonds. The molecule has 1 unspecified atom stereocenters. The topological polar surface area (TPSA) is 39.2 Å². The molecule has 0 saturated carbocycles. The van der Waals surface area contributed by atoms with E-state index >= 15 is 0 Å². The monoisotopic (exact) mass is 283 g/mol. The first-order valence-corrected chi connectivity index (χ1v) is 5.68. The molecule has 0 aliphatic carbocycles. The Balaban J connectivity index is 2.21. The number of hydrogen-bond acceptors (Lipinski definition) is 2. The Morgan fingerprint density at radius 3 is 2.88 bits per heavy atom. The molecule has 2 rings (SSSR count). The van der Waals surface area contributed by atoms with Crippen LogP contribution >= 0.6 is 15.9 Å². The minimum Gasteiger partial charge on any atom is -0.472 e. The first-order valence-electron chi connectivity index (χ1n) is 4.89. The summed E-state index contributed by atoms with van der Waals surface area (Å²) >= 11 is 3.21. The van der Waals surface area contributed by atoms with Crippen molar-refractivity contribution in [3.05, 3.63) is 58.2 Å². The molecule has 2 N–H and O–H groups in total. The van der Waals surface area contributed by atoms with Gasteiger partial charge in [0.15, 0.2) is 0 Å². The van der Waals surface area contributed by atoms with Gasteiger partial charge in [-0.25, -0.2) is 4.39 Å². The van der Waals surface area contributed by atoms with Crippen molar-refractivity contribution in [2.75, 3.05) is 0 Å². The molecular formula is C12H11BrFNO. The molecule has 16 heavy (non-hydrogen) atoms. The van der Waals surface area contributed by atoms with Crippen LogP contribution in [-0.2, 0) is 6.42 Å².